The van der Waals surface area contributed by atoms with Crippen molar-refractivity contribution in [2.75, 3.05) is 26.4 Å². The molecule has 54 heavy (non-hydrogen) atoms. The summed E-state index contributed by atoms with van der Waals surface area (Å²) in [7, 11) is -4.61. The fraction of sp³-hybridized carbons (Fsp3) is 0.953. The van der Waals surface area contributed by atoms with Crippen LogP contribution in [0.5, 0.6) is 0 Å². The molecular weight excluding hydrogens is 705 g/mol. The molecule has 322 valence electrons. The van der Waals surface area contributed by atoms with Crippen LogP contribution in [0.1, 0.15) is 226 Å². The smallest absolute Gasteiger partial charge is 0.472 e. The van der Waals surface area contributed by atoms with Crippen LogP contribution in [0.2, 0.25) is 0 Å². The van der Waals surface area contributed by atoms with E-state index in [1.807, 2.05) is 0 Å². The molecule has 0 rings (SSSR count). The number of ether oxygens (including phenoxy) is 2. The van der Waals surface area contributed by atoms with E-state index in [1.165, 1.54) is 167 Å². The molecule has 0 aromatic carbocycles. The number of aliphatic carboxylic acids is 1. The fourth-order valence-electron chi connectivity index (χ4n) is 6.61. The zero-order chi connectivity index (χ0) is 39.8. The number of hydrogen-bond acceptors (Lipinski definition) is 8. The minimum absolute atomic E-state index is 0.0257. The third-order valence-corrected chi connectivity index (χ3v) is 11.1. The number of carbonyl (C=O) groups is 2. The van der Waals surface area contributed by atoms with Gasteiger partial charge in [0.1, 0.15) is 12.1 Å². The highest BCUT2D eigenvalue weighted by Crippen LogP contribution is 2.43. The molecule has 0 aliphatic carbocycles. The number of carbonyl (C=O) groups excluding carboxylic acids is 1. The van der Waals surface area contributed by atoms with E-state index in [1.54, 1.807) is 0 Å². The summed E-state index contributed by atoms with van der Waals surface area (Å²) in [6.07, 6.45) is 40.0. The van der Waals surface area contributed by atoms with Gasteiger partial charge in [-0.1, -0.05) is 206 Å². The van der Waals surface area contributed by atoms with E-state index in [0.717, 1.165) is 38.5 Å². The van der Waals surface area contributed by atoms with Crippen LogP contribution in [-0.2, 0) is 32.7 Å². The Morgan fingerprint density at radius 1 is 0.519 bits per heavy atom. The molecule has 0 amide bonds. The van der Waals surface area contributed by atoms with E-state index in [9.17, 15) is 19.0 Å². The van der Waals surface area contributed by atoms with E-state index in [4.69, 9.17) is 29.4 Å². The molecule has 0 radical (unpaired) electrons. The van der Waals surface area contributed by atoms with E-state index in [2.05, 4.69) is 13.8 Å². The molecule has 0 fully saturated rings. The largest absolute Gasteiger partial charge is 0.480 e. The van der Waals surface area contributed by atoms with Crippen LogP contribution in [0.15, 0.2) is 0 Å². The van der Waals surface area contributed by atoms with Gasteiger partial charge < -0.3 is 25.2 Å². The molecule has 0 saturated carbocycles. The number of carboxylic acid groups (broad SMARTS) is 1. The Morgan fingerprint density at radius 3 is 1.22 bits per heavy atom. The number of phosphoric acid groups is 1. The summed E-state index contributed by atoms with van der Waals surface area (Å²) in [6, 6.07) is -1.47. The van der Waals surface area contributed by atoms with Crippen LogP contribution in [0.3, 0.4) is 0 Å². The average Bonchev–Trinajstić information content (AvgIpc) is 3.15. The normalized spacial score (nSPS) is 13.9. The van der Waals surface area contributed by atoms with Crippen LogP contribution in [0.4, 0.5) is 0 Å². The number of unbranched alkanes of at least 4 members (excludes halogenated alkanes) is 30. The Kier molecular flexibility index (Phi) is 39.4. The minimum Gasteiger partial charge on any atom is -0.480 e. The molecule has 3 atom stereocenters. The van der Waals surface area contributed by atoms with Gasteiger partial charge in [-0.2, -0.15) is 0 Å². The Labute approximate surface area is 331 Å². The summed E-state index contributed by atoms with van der Waals surface area (Å²) in [5.41, 5.74) is 5.36. The summed E-state index contributed by atoms with van der Waals surface area (Å²) in [4.78, 5) is 33.5. The lowest BCUT2D eigenvalue weighted by Gasteiger charge is -2.20. The van der Waals surface area contributed by atoms with Crippen LogP contribution in [-0.4, -0.2) is 60.5 Å². The maximum absolute atomic E-state index is 12.6. The van der Waals surface area contributed by atoms with E-state index in [0.29, 0.717) is 6.61 Å². The van der Waals surface area contributed by atoms with Gasteiger partial charge in [-0.25, -0.2) is 4.57 Å². The molecule has 11 heteroatoms. The van der Waals surface area contributed by atoms with Gasteiger partial charge in [0, 0.05) is 13.0 Å². The van der Waals surface area contributed by atoms with Gasteiger partial charge in [0.15, 0.2) is 0 Å². The molecule has 0 aliphatic heterocycles. The van der Waals surface area contributed by atoms with Crippen molar-refractivity contribution in [1.82, 2.24) is 0 Å². The Bertz CT molecular complexity index is 878. The minimum atomic E-state index is -4.61. The first-order valence-corrected chi connectivity index (χ1v) is 24.1. The second-order valence-corrected chi connectivity index (χ2v) is 17.0. The molecule has 0 heterocycles. The first-order valence-electron chi connectivity index (χ1n) is 22.6. The highest BCUT2D eigenvalue weighted by molar-refractivity contribution is 7.47. The van der Waals surface area contributed by atoms with Crippen LogP contribution in [0.25, 0.3) is 0 Å². The Balaban J connectivity index is 4.16. The number of esters is 1. The van der Waals surface area contributed by atoms with Gasteiger partial charge in [0.25, 0.3) is 0 Å². The molecule has 0 bridgehead atoms. The molecule has 0 aliphatic rings. The summed E-state index contributed by atoms with van der Waals surface area (Å²) >= 11 is 0. The predicted molar refractivity (Wildman–Crippen MR) is 222 cm³/mol. The lowest BCUT2D eigenvalue weighted by atomic mass is 10.0. The molecule has 0 aromatic rings. The van der Waals surface area contributed by atoms with Crippen LogP contribution >= 0.6 is 7.82 Å². The predicted octanol–water partition coefficient (Wildman–Crippen LogP) is 12.4. The molecule has 0 saturated heterocycles. The Morgan fingerprint density at radius 2 is 0.852 bits per heavy atom. The fourth-order valence-corrected chi connectivity index (χ4v) is 7.38. The van der Waals surface area contributed by atoms with E-state index < -0.39 is 45.1 Å². The second kappa shape index (κ2) is 40.2. The SMILES string of the molecule is CCCCCCCCCCCCCCCCCCCCC(=O)OC(COCCCCCCCCCCCCCCCC)COP(=O)(O)OCC(N)C(=O)O. The van der Waals surface area contributed by atoms with Crippen molar-refractivity contribution in [2.45, 2.75) is 238 Å². The van der Waals surface area contributed by atoms with Crippen molar-refractivity contribution in [2.24, 2.45) is 5.73 Å². The zero-order valence-electron chi connectivity index (χ0n) is 35.1. The van der Waals surface area contributed by atoms with Gasteiger partial charge in [-0.15, -0.1) is 0 Å². The zero-order valence-corrected chi connectivity index (χ0v) is 36.0. The summed E-state index contributed by atoms with van der Waals surface area (Å²) in [5, 5.41) is 8.89. The molecule has 10 nitrogen and oxygen atoms in total. The highest BCUT2D eigenvalue weighted by Gasteiger charge is 2.27. The first-order chi connectivity index (χ1) is 26.2. The number of nitrogens with two attached hydrogens (primary N) is 1. The maximum atomic E-state index is 12.6. The van der Waals surface area contributed by atoms with Crippen molar-refractivity contribution >= 4 is 19.8 Å². The van der Waals surface area contributed by atoms with Gasteiger partial charge in [0.2, 0.25) is 0 Å². The van der Waals surface area contributed by atoms with Gasteiger partial charge >= 0.3 is 19.8 Å². The van der Waals surface area contributed by atoms with Crippen LogP contribution in [0, 0.1) is 0 Å². The standard InChI is InChI=1S/C43H86NO9P/c1-3-5-7-9-11-13-15-17-19-20-21-22-23-25-27-29-31-33-35-42(45)53-40(38-51-54(48,49)52-39-41(44)43(46)47)37-50-36-34-32-30-28-26-24-18-16-14-12-10-8-6-4-2/h40-41H,3-39,44H2,1-2H3,(H,46,47)(H,48,49). The van der Waals surface area contributed by atoms with Crippen molar-refractivity contribution in [3.05, 3.63) is 0 Å². The summed E-state index contributed by atoms with van der Waals surface area (Å²) in [6.45, 7) is 3.93. The highest BCUT2D eigenvalue weighted by atomic mass is 31.2. The number of rotatable bonds is 44. The average molecular weight is 792 g/mol. The van der Waals surface area contributed by atoms with Crippen LogP contribution < -0.4 is 5.73 Å². The van der Waals surface area contributed by atoms with Crippen molar-refractivity contribution in [1.29, 1.82) is 0 Å². The lowest BCUT2D eigenvalue weighted by Crippen LogP contribution is -2.34. The number of carboxylic acids is 1. The second-order valence-electron chi connectivity index (χ2n) is 15.5. The summed E-state index contributed by atoms with van der Waals surface area (Å²) in [5.74, 6) is -1.76. The summed E-state index contributed by atoms with van der Waals surface area (Å²) < 4.78 is 33.4. The maximum Gasteiger partial charge on any atom is 0.472 e. The molecule has 0 aromatic heterocycles. The van der Waals surface area contributed by atoms with Gasteiger partial charge in [-0.05, 0) is 12.8 Å². The number of phosphoric ester groups is 1. The third-order valence-electron chi connectivity index (χ3n) is 10.1. The monoisotopic (exact) mass is 792 g/mol. The van der Waals surface area contributed by atoms with Gasteiger partial charge in [0.05, 0.1) is 19.8 Å². The quantitative estimate of drug-likeness (QED) is 0.0308. The molecular formula is C43H86NO9P. The van der Waals surface area contributed by atoms with Crippen molar-refractivity contribution in [3.63, 3.8) is 0 Å². The molecule has 4 N–H and O–H groups in total. The third kappa shape index (κ3) is 39.2. The van der Waals surface area contributed by atoms with Crippen molar-refractivity contribution in [3.8, 4) is 0 Å². The van der Waals surface area contributed by atoms with E-state index >= 15 is 0 Å². The Hall–Kier alpha value is -1.03. The van der Waals surface area contributed by atoms with Crippen molar-refractivity contribution < 1.29 is 42.7 Å². The number of hydrogen-bond donors (Lipinski definition) is 3. The van der Waals surface area contributed by atoms with Gasteiger partial charge in [-0.3, -0.25) is 18.6 Å². The topological polar surface area (TPSA) is 155 Å². The van der Waals surface area contributed by atoms with E-state index in [-0.39, 0.29) is 13.0 Å². The lowest BCUT2D eigenvalue weighted by molar-refractivity contribution is -0.154. The first kappa shape index (κ1) is 53.0. The molecule has 0 spiro atoms. The molecule has 3 unspecified atom stereocenters.